The first kappa shape index (κ1) is 9.92. The summed E-state index contributed by atoms with van der Waals surface area (Å²) in [4.78, 5) is 3.97. The second-order valence-electron chi connectivity index (χ2n) is 3.48. The van der Waals surface area contributed by atoms with Gasteiger partial charge in [-0.25, -0.2) is 4.68 Å². The van der Waals surface area contributed by atoms with E-state index in [2.05, 4.69) is 26.0 Å². The third kappa shape index (κ3) is 2.24. The van der Waals surface area contributed by atoms with Crippen LogP contribution >= 0.6 is 15.9 Å². The molecule has 1 unspecified atom stereocenters. The number of rotatable bonds is 3. The fraction of sp³-hybridized carbons (Fsp3) is 0.750. The minimum absolute atomic E-state index is 0.319. The molecule has 6 heteroatoms. The molecule has 0 bridgehead atoms. The smallest absolute Gasteiger partial charge is 0.240 e. The molecule has 2 N–H and O–H groups in total. The summed E-state index contributed by atoms with van der Waals surface area (Å²) in [6.07, 6.45) is 2.23. The Morgan fingerprint density at radius 1 is 1.64 bits per heavy atom. The van der Waals surface area contributed by atoms with Gasteiger partial charge in [0.15, 0.2) is 4.73 Å². The van der Waals surface area contributed by atoms with Gasteiger partial charge in [0.1, 0.15) is 0 Å². The number of anilines is 1. The minimum atomic E-state index is 0.319. The first-order valence-corrected chi connectivity index (χ1v) is 5.48. The van der Waals surface area contributed by atoms with Crippen LogP contribution in [0.5, 0.6) is 0 Å². The van der Waals surface area contributed by atoms with Gasteiger partial charge in [0, 0.05) is 19.8 Å². The topological polar surface area (TPSA) is 66.0 Å². The van der Waals surface area contributed by atoms with E-state index in [1.54, 1.807) is 4.68 Å². The molecule has 1 fully saturated rings. The standard InChI is InChI=1S/C8H13BrN4O/c9-7-11-8(10)12-13(7)3-1-6-2-4-14-5-6/h6H,1-5H2,(H2,10,12). The molecular formula is C8H13BrN4O. The number of nitrogens with two attached hydrogens (primary N) is 1. The summed E-state index contributed by atoms with van der Waals surface area (Å²) in [5, 5.41) is 4.07. The van der Waals surface area contributed by atoms with Gasteiger partial charge in [0.2, 0.25) is 5.95 Å². The van der Waals surface area contributed by atoms with Crippen LogP contribution < -0.4 is 5.73 Å². The predicted molar refractivity (Wildman–Crippen MR) is 55.7 cm³/mol. The summed E-state index contributed by atoms with van der Waals surface area (Å²) in [6.45, 7) is 2.62. The fourth-order valence-corrected chi connectivity index (χ4v) is 2.04. The summed E-state index contributed by atoms with van der Waals surface area (Å²) < 4.78 is 7.79. The minimum Gasteiger partial charge on any atom is -0.381 e. The van der Waals surface area contributed by atoms with E-state index in [-0.39, 0.29) is 0 Å². The molecule has 1 aromatic rings. The lowest BCUT2D eigenvalue weighted by atomic mass is 10.1. The van der Waals surface area contributed by atoms with Crippen molar-refractivity contribution >= 4 is 21.9 Å². The highest BCUT2D eigenvalue weighted by atomic mass is 79.9. The second-order valence-corrected chi connectivity index (χ2v) is 4.19. The summed E-state index contributed by atoms with van der Waals surface area (Å²) in [5.74, 6) is 0.979. The zero-order chi connectivity index (χ0) is 9.97. The van der Waals surface area contributed by atoms with Gasteiger partial charge in [0.05, 0.1) is 0 Å². The van der Waals surface area contributed by atoms with Gasteiger partial charge in [-0.3, -0.25) is 0 Å². The zero-order valence-electron chi connectivity index (χ0n) is 7.82. The Balaban J connectivity index is 1.87. The molecule has 1 saturated heterocycles. The maximum Gasteiger partial charge on any atom is 0.240 e. The predicted octanol–water partition coefficient (Wildman–Crippen LogP) is 1.05. The van der Waals surface area contributed by atoms with Gasteiger partial charge in [-0.15, -0.1) is 5.10 Å². The molecular weight excluding hydrogens is 248 g/mol. The van der Waals surface area contributed by atoms with Crippen LogP contribution in [0.4, 0.5) is 5.95 Å². The molecule has 0 saturated carbocycles. The van der Waals surface area contributed by atoms with Crippen LogP contribution in [-0.4, -0.2) is 28.0 Å². The SMILES string of the molecule is Nc1nc(Br)n(CCC2CCOC2)n1. The van der Waals surface area contributed by atoms with E-state index in [9.17, 15) is 0 Å². The lowest BCUT2D eigenvalue weighted by Crippen LogP contribution is -2.08. The number of hydrogen-bond acceptors (Lipinski definition) is 4. The number of hydrogen-bond donors (Lipinski definition) is 1. The molecule has 5 nitrogen and oxygen atoms in total. The van der Waals surface area contributed by atoms with Gasteiger partial charge in [0.25, 0.3) is 0 Å². The molecule has 0 aromatic carbocycles. The number of halogens is 1. The van der Waals surface area contributed by atoms with Gasteiger partial charge in [-0.2, -0.15) is 4.98 Å². The van der Waals surface area contributed by atoms with Gasteiger partial charge in [-0.05, 0) is 34.7 Å². The Bertz CT molecular complexity index is 308. The summed E-state index contributed by atoms with van der Waals surface area (Å²) in [7, 11) is 0. The van der Waals surface area contributed by atoms with Crippen LogP contribution in [0.15, 0.2) is 4.73 Å². The molecule has 1 aliphatic rings. The van der Waals surface area contributed by atoms with Crippen molar-refractivity contribution in [2.24, 2.45) is 5.92 Å². The van der Waals surface area contributed by atoms with Crippen LogP contribution in [0.3, 0.4) is 0 Å². The van der Waals surface area contributed by atoms with Crippen molar-refractivity contribution in [2.45, 2.75) is 19.4 Å². The van der Waals surface area contributed by atoms with Crippen molar-refractivity contribution in [1.82, 2.24) is 14.8 Å². The van der Waals surface area contributed by atoms with Crippen molar-refractivity contribution in [3.63, 3.8) is 0 Å². The Morgan fingerprint density at radius 2 is 2.50 bits per heavy atom. The number of aryl methyl sites for hydroxylation is 1. The molecule has 0 aliphatic carbocycles. The highest BCUT2D eigenvalue weighted by Crippen LogP contribution is 2.18. The van der Waals surface area contributed by atoms with Gasteiger partial charge in [-0.1, -0.05) is 0 Å². The van der Waals surface area contributed by atoms with Crippen molar-refractivity contribution in [1.29, 1.82) is 0 Å². The first-order valence-electron chi connectivity index (χ1n) is 4.69. The molecule has 14 heavy (non-hydrogen) atoms. The Morgan fingerprint density at radius 3 is 3.07 bits per heavy atom. The van der Waals surface area contributed by atoms with Crippen molar-refractivity contribution in [3.8, 4) is 0 Å². The second kappa shape index (κ2) is 4.27. The molecule has 1 aromatic heterocycles. The average molecular weight is 261 g/mol. The van der Waals surface area contributed by atoms with Crippen molar-refractivity contribution in [2.75, 3.05) is 18.9 Å². The maximum absolute atomic E-state index is 5.47. The van der Waals surface area contributed by atoms with E-state index in [1.807, 2.05) is 0 Å². The van der Waals surface area contributed by atoms with Crippen LogP contribution in [-0.2, 0) is 11.3 Å². The summed E-state index contributed by atoms with van der Waals surface area (Å²) >= 11 is 3.30. The van der Waals surface area contributed by atoms with Gasteiger partial charge >= 0.3 is 0 Å². The average Bonchev–Trinajstić information content (AvgIpc) is 2.72. The lowest BCUT2D eigenvalue weighted by Gasteiger charge is -2.06. The molecule has 0 radical (unpaired) electrons. The molecule has 1 atom stereocenters. The molecule has 0 spiro atoms. The summed E-state index contributed by atoms with van der Waals surface area (Å²) in [5.41, 5.74) is 5.47. The highest BCUT2D eigenvalue weighted by molar-refractivity contribution is 9.10. The maximum atomic E-state index is 5.47. The molecule has 78 valence electrons. The van der Waals surface area contributed by atoms with E-state index >= 15 is 0 Å². The highest BCUT2D eigenvalue weighted by Gasteiger charge is 2.16. The molecule has 1 aliphatic heterocycles. The third-order valence-electron chi connectivity index (χ3n) is 2.42. The molecule has 2 rings (SSSR count). The van der Waals surface area contributed by atoms with Gasteiger partial charge < -0.3 is 10.5 Å². The van der Waals surface area contributed by atoms with Crippen LogP contribution in [0.2, 0.25) is 0 Å². The third-order valence-corrected chi connectivity index (χ3v) is 3.00. The monoisotopic (exact) mass is 260 g/mol. The van der Waals surface area contributed by atoms with Crippen LogP contribution in [0.1, 0.15) is 12.8 Å². The Labute approximate surface area is 90.8 Å². The van der Waals surface area contributed by atoms with Crippen LogP contribution in [0.25, 0.3) is 0 Å². The molecule has 0 amide bonds. The fourth-order valence-electron chi connectivity index (χ4n) is 1.60. The quantitative estimate of drug-likeness (QED) is 0.883. The van der Waals surface area contributed by atoms with E-state index in [1.165, 1.54) is 0 Å². The number of nitrogens with zero attached hydrogens (tertiary/aromatic N) is 3. The zero-order valence-corrected chi connectivity index (χ0v) is 9.40. The normalized spacial score (nSPS) is 21.6. The lowest BCUT2D eigenvalue weighted by molar-refractivity contribution is 0.183. The number of nitrogen functional groups attached to an aromatic ring is 1. The first-order chi connectivity index (χ1) is 6.75. The summed E-state index contributed by atoms with van der Waals surface area (Å²) in [6, 6.07) is 0. The number of aromatic nitrogens is 3. The van der Waals surface area contributed by atoms with E-state index in [0.717, 1.165) is 32.6 Å². The van der Waals surface area contributed by atoms with E-state index in [0.29, 0.717) is 16.6 Å². The Kier molecular flexibility index (Phi) is 3.02. The van der Waals surface area contributed by atoms with Crippen molar-refractivity contribution < 1.29 is 4.74 Å². The Hall–Kier alpha value is -0.620. The largest absolute Gasteiger partial charge is 0.381 e. The van der Waals surface area contributed by atoms with E-state index in [4.69, 9.17) is 10.5 Å². The van der Waals surface area contributed by atoms with Crippen molar-refractivity contribution in [3.05, 3.63) is 4.73 Å². The molecule has 2 heterocycles. The number of ether oxygens (including phenoxy) is 1. The van der Waals surface area contributed by atoms with Crippen LogP contribution in [0, 0.1) is 5.92 Å². The van der Waals surface area contributed by atoms with E-state index < -0.39 is 0 Å².